The molecule has 0 atom stereocenters. The minimum Gasteiger partial charge on any atom is -0.206 e. The first-order valence-electron chi connectivity index (χ1n) is 11.6. The summed E-state index contributed by atoms with van der Waals surface area (Å²) in [6, 6.07) is 53.5. The van der Waals surface area contributed by atoms with E-state index in [1.807, 2.05) is 30.3 Å². The first kappa shape index (κ1) is 23.2. The fourth-order valence-corrected chi connectivity index (χ4v) is 9.85. The summed E-state index contributed by atoms with van der Waals surface area (Å²) in [5.74, 6) is 3.63. The number of rotatable bonds is 7. The minimum absolute atomic E-state index is 0.857. The van der Waals surface area contributed by atoms with Crippen LogP contribution in [0.3, 0.4) is 0 Å². The van der Waals surface area contributed by atoms with Gasteiger partial charge in [0.25, 0.3) is 0 Å². The maximum absolute atomic E-state index is 4.90. The fourth-order valence-electron chi connectivity index (χ4n) is 3.91. The van der Waals surface area contributed by atoms with Gasteiger partial charge in [0.05, 0.1) is 10.7 Å². The molecule has 0 bridgehead atoms. The average Bonchev–Trinajstić information content (AvgIpc) is 2.95. The Morgan fingerprint density at radius 2 is 0.686 bits per heavy atom. The summed E-state index contributed by atoms with van der Waals surface area (Å²) in [7, 11) is -1.71. The first-order valence-corrected chi connectivity index (χ1v) is 14.3. The van der Waals surface area contributed by atoms with E-state index < -0.39 is 15.8 Å². The van der Waals surface area contributed by atoms with E-state index in [2.05, 4.69) is 127 Å². The number of aliphatic imine (C=N–C) groups is 1. The van der Waals surface area contributed by atoms with Gasteiger partial charge in [-0.25, -0.2) is 4.99 Å². The third kappa shape index (κ3) is 5.74. The maximum atomic E-state index is 4.90. The van der Waals surface area contributed by atoms with E-state index in [0.29, 0.717) is 0 Å². The molecule has 35 heavy (non-hydrogen) atoms. The summed E-state index contributed by atoms with van der Waals surface area (Å²) >= 11 is 0. The Morgan fingerprint density at radius 3 is 1.00 bits per heavy atom. The highest BCUT2D eigenvalue weighted by atomic mass is 31.2. The number of hydrogen-bond donors (Lipinski definition) is 0. The van der Waals surface area contributed by atoms with Gasteiger partial charge in [-0.15, -0.1) is 0 Å². The SMILES string of the molecule is C(=Nc1ccccc1)=C(P(c1ccccc1)c1ccccc1)P(c1ccccc1)c1ccccc1. The third-order valence-electron chi connectivity index (χ3n) is 5.52. The van der Waals surface area contributed by atoms with Crippen LogP contribution in [0.4, 0.5) is 5.69 Å². The zero-order chi connectivity index (χ0) is 23.7. The predicted molar refractivity (Wildman–Crippen MR) is 155 cm³/mol. The summed E-state index contributed by atoms with van der Waals surface area (Å²) in [5.41, 5.74) is 0.914. The summed E-state index contributed by atoms with van der Waals surface area (Å²) in [5, 5.41) is 6.46. The second kappa shape index (κ2) is 11.7. The lowest BCUT2D eigenvalue weighted by Gasteiger charge is -2.28. The molecule has 0 spiro atoms. The molecule has 0 saturated heterocycles. The molecule has 0 radical (unpaired) electrons. The van der Waals surface area contributed by atoms with Crippen LogP contribution in [0.1, 0.15) is 0 Å². The smallest absolute Gasteiger partial charge is 0.0730 e. The van der Waals surface area contributed by atoms with Crippen molar-refractivity contribution in [1.82, 2.24) is 0 Å². The van der Waals surface area contributed by atoms with E-state index >= 15 is 0 Å². The molecule has 0 saturated carbocycles. The van der Waals surface area contributed by atoms with Gasteiger partial charge in [-0.1, -0.05) is 140 Å². The van der Waals surface area contributed by atoms with Gasteiger partial charge >= 0.3 is 0 Å². The monoisotopic (exact) mass is 485 g/mol. The Labute approximate surface area is 210 Å². The van der Waals surface area contributed by atoms with Gasteiger partial charge in [0.2, 0.25) is 0 Å². The molecule has 5 rings (SSSR count). The molecule has 1 nitrogen and oxygen atoms in total. The van der Waals surface area contributed by atoms with Crippen LogP contribution < -0.4 is 21.2 Å². The van der Waals surface area contributed by atoms with Crippen LogP contribution in [0.2, 0.25) is 0 Å². The molecule has 3 heteroatoms. The highest BCUT2D eigenvalue weighted by molar-refractivity contribution is 7.95. The predicted octanol–water partition coefficient (Wildman–Crippen LogP) is 7.10. The fraction of sp³-hybridized carbons (Fsp3) is 0. The van der Waals surface area contributed by atoms with Gasteiger partial charge in [-0.2, -0.15) is 0 Å². The van der Waals surface area contributed by atoms with Crippen molar-refractivity contribution < 1.29 is 0 Å². The van der Waals surface area contributed by atoms with Gasteiger partial charge in [0.15, 0.2) is 0 Å². The van der Waals surface area contributed by atoms with Crippen LogP contribution in [-0.4, -0.2) is 5.87 Å². The largest absolute Gasteiger partial charge is 0.206 e. The molecular weight excluding hydrogens is 460 g/mol. The maximum Gasteiger partial charge on any atom is 0.0730 e. The van der Waals surface area contributed by atoms with Crippen molar-refractivity contribution in [2.75, 3.05) is 0 Å². The molecule has 0 aliphatic carbocycles. The van der Waals surface area contributed by atoms with Gasteiger partial charge in [0, 0.05) is 0 Å². The molecule has 0 unspecified atom stereocenters. The Kier molecular flexibility index (Phi) is 7.75. The Hall–Kier alpha value is -3.59. The lowest BCUT2D eigenvalue weighted by molar-refractivity contribution is 1.55. The van der Waals surface area contributed by atoms with E-state index in [-0.39, 0.29) is 0 Å². The first-order chi connectivity index (χ1) is 17.4. The number of para-hydroxylation sites is 1. The molecule has 5 aromatic carbocycles. The molecule has 0 fully saturated rings. The van der Waals surface area contributed by atoms with Gasteiger partial charge in [-0.05, 0) is 55.1 Å². The van der Waals surface area contributed by atoms with Crippen molar-refractivity contribution in [3.63, 3.8) is 0 Å². The van der Waals surface area contributed by atoms with Crippen LogP contribution >= 0.6 is 15.8 Å². The number of benzene rings is 5. The van der Waals surface area contributed by atoms with Crippen LogP contribution in [0.5, 0.6) is 0 Å². The van der Waals surface area contributed by atoms with Crippen LogP contribution in [0.25, 0.3) is 0 Å². The number of hydrogen-bond acceptors (Lipinski definition) is 1. The molecule has 0 heterocycles. The summed E-state index contributed by atoms with van der Waals surface area (Å²) in [4.78, 5) is 4.90. The molecule has 0 N–H and O–H groups in total. The quantitative estimate of drug-likeness (QED) is 0.172. The molecule has 168 valence electrons. The zero-order valence-electron chi connectivity index (χ0n) is 19.3. The van der Waals surface area contributed by atoms with Crippen molar-refractivity contribution in [1.29, 1.82) is 0 Å². The van der Waals surface area contributed by atoms with E-state index in [9.17, 15) is 0 Å². The van der Waals surface area contributed by atoms with E-state index in [1.165, 1.54) is 26.3 Å². The molecular formula is C32H25NP2. The normalized spacial score (nSPS) is 10.7. The van der Waals surface area contributed by atoms with Crippen molar-refractivity contribution in [3.05, 3.63) is 157 Å². The zero-order valence-corrected chi connectivity index (χ0v) is 21.1. The van der Waals surface area contributed by atoms with Crippen LogP contribution in [0, 0.1) is 0 Å². The van der Waals surface area contributed by atoms with E-state index in [0.717, 1.165) is 5.69 Å². The van der Waals surface area contributed by atoms with E-state index in [1.54, 1.807) is 0 Å². The second-order valence-corrected chi connectivity index (χ2v) is 12.6. The Morgan fingerprint density at radius 1 is 0.400 bits per heavy atom. The minimum atomic E-state index is -0.857. The highest BCUT2D eigenvalue weighted by Gasteiger charge is 2.28. The molecule has 5 aromatic rings. The van der Waals surface area contributed by atoms with Gasteiger partial charge < -0.3 is 0 Å². The molecule has 0 aliphatic rings. The molecule has 0 aromatic heterocycles. The third-order valence-corrected chi connectivity index (χ3v) is 11.0. The Bertz CT molecular complexity index is 1230. The average molecular weight is 486 g/mol. The second-order valence-electron chi connectivity index (χ2n) is 7.90. The van der Waals surface area contributed by atoms with E-state index in [4.69, 9.17) is 4.99 Å². The summed E-state index contributed by atoms with van der Waals surface area (Å²) < 4.78 is 0. The van der Waals surface area contributed by atoms with Crippen molar-refractivity contribution in [3.8, 4) is 0 Å². The highest BCUT2D eigenvalue weighted by Crippen LogP contribution is 2.58. The van der Waals surface area contributed by atoms with Crippen molar-refractivity contribution >= 4 is 48.6 Å². The number of nitrogens with zero attached hydrogens (tertiary/aromatic N) is 1. The molecule has 0 amide bonds. The topological polar surface area (TPSA) is 12.4 Å². The summed E-state index contributed by atoms with van der Waals surface area (Å²) in [6.45, 7) is 0. The van der Waals surface area contributed by atoms with Crippen molar-refractivity contribution in [2.24, 2.45) is 4.99 Å². The standard InChI is InChI=1S/C32H25NP2/c1-6-16-27(17-7-1)33-26-32(34(28-18-8-2-9-19-28)29-20-10-3-11-21-29)35(30-22-12-4-13-23-30)31-24-14-5-15-25-31/h1-25H. The van der Waals surface area contributed by atoms with Gasteiger partial charge in [0.1, 0.15) is 0 Å². The molecule has 0 aliphatic heterocycles. The van der Waals surface area contributed by atoms with Crippen LogP contribution in [0.15, 0.2) is 162 Å². The lowest BCUT2D eigenvalue weighted by Crippen LogP contribution is -2.19. The lowest BCUT2D eigenvalue weighted by atomic mass is 10.3. The van der Waals surface area contributed by atoms with Crippen LogP contribution in [-0.2, 0) is 0 Å². The van der Waals surface area contributed by atoms with Gasteiger partial charge in [-0.3, -0.25) is 0 Å². The summed E-state index contributed by atoms with van der Waals surface area (Å²) in [6.07, 6.45) is 0. The van der Waals surface area contributed by atoms with Crippen molar-refractivity contribution in [2.45, 2.75) is 0 Å². The Balaban J connectivity index is 1.80.